The van der Waals surface area contributed by atoms with E-state index in [1.807, 2.05) is 0 Å². The van der Waals surface area contributed by atoms with Crippen LogP contribution in [0.4, 0.5) is 0 Å². The molecule has 2 aromatic heterocycles. The van der Waals surface area contributed by atoms with Crippen molar-refractivity contribution in [3.05, 3.63) is 128 Å². The molecule has 9 rings (SSSR count). The Morgan fingerprint density at radius 2 is 0.643 bits per heavy atom. The Morgan fingerprint density at radius 3 is 0.929 bits per heavy atom. The van der Waals surface area contributed by atoms with Crippen LogP contribution in [0.1, 0.15) is 55.6 Å². The highest BCUT2D eigenvalue weighted by Gasteiger charge is 2.30. The van der Waals surface area contributed by atoms with Gasteiger partial charge in [0.1, 0.15) is 47.0 Å². The SMILES string of the molecule is Cc1cc(C)c2op(-c3c(C)ccc4c3-c3c(ccc(C)c3-p3oc5c(C)cc(C)cc5c5cc(C)cc(C)c5o3)OCCO4)oc3c(C)cc(C)cc3c2c1. The molecule has 8 heteroatoms. The molecule has 0 N–H and O–H groups in total. The van der Waals surface area contributed by atoms with E-state index in [1.54, 1.807) is 0 Å². The smallest absolute Gasteiger partial charge is 0.253 e. The van der Waals surface area contributed by atoms with Gasteiger partial charge in [0, 0.05) is 32.7 Å². The van der Waals surface area contributed by atoms with Crippen LogP contribution >= 0.6 is 16.0 Å². The summed E-state index contributed by atoms with van der Waals surface area (Å²) in [5, 5.41) is 6.02. The first-order valence-corrected chi connectivity index (χ1v) is 21.5. The third-order valence-electron chi connectivity index (χ3n) is 10.8. The maximum atomic E-state index is 7.21. The van der Waals surface area contributed by atoms with Gasteiger partial charge in [0.15, 0.2) is 0 Å². The fourth-order valence-corrected chi connectivity index (χ4v) is 12.1. The van der Waals surface area contributed by atoms with Gasteiger partial charge in [0.25, 0.3) is 16.0 Å². The Hall–Kier alpha value is -5.28. The maximum Gasteiger partial charge on any atom is 0.253 e. The molecular weight excluding hydrogens is 734 g/mol. The molecule has 0 saturated heterocycles. The molecule has 6 nitrogen and oxygen atoms in total. The van der Waals surface area contributed by atoms with Crippen LogP contribution in [-0.4, -0.2) is 13.2 Å². The molecule has 8 aromatic rings. The van der Waals surface area contributed by atoms with Crippen molar-refractivity contribution >= 4 is 59.9 Å². The van der Waals surface area contributed by atoms with Gasteiger partial charge in [0.05, 0.1) is 10.6 Å². The summed E-state index contributed by atoms with van der Waals surface area (Å²) in [7, 11) is -3.51. The molecule has 6 aromatic carbocycles. The van der Waals surface area contributed by atoms with Crippen LogP contribution in [0.25, 0.3) is 65.6 Å². The van der Waals surface area contributed by atoms with Crippen LogP contribution in [-0.2, 0) is 0 Å². The first kappa shape index (κ1) is 36.4. The minimum atomic E-state index is -1.76. The zero-order valence-corrected chi connectivity index (χ0v) is 35.5. The van der Waals surface area contributed by atoms with E-state index >= 15 is 0 Å². The van der Waals surface area contributed by atoms with E-state index in [0.717, 1.165) is 110 Å². The third kappa shape index (κ3) is 6.02. The number of aryl methyl sites for hydroxylation is 10. The molecule has 0 aliphatic carbocycles. The van der Waals surface area contributed by atoms with Crippen molar-refractivity contribution in [3.63, 3.8) is 0 Å². The Bertz CT molecular complexity index is 2700. The topological polar surface area (TPSA) is 71.0 Å². The van der Waals surface area contributed by atoms with Gasteiger partial charge in [-0.2, -0.15) is 0 Å². The minimum Gasteiger partial charge on any atom is -0.489 e. The average Bonchev–Trinajstić information content (AvgIpc) is 3.39. The largest absolute Gasteiger partial charge is 0.489 e. The minimum absolute atomic E-state index is 0.389. The predicted molar refractivity (Wildman–Crippen MR) is 233 cm³/mol. The van der Waals surface area contributed by atoms with Crippen molar-refractivity contribution in [1.29, 1.82) is 0 Å². The predicted octanol–water partition coefficient (Wildman–Crippen LogP) is 15.4. The molecule has 0 atom stereocenters. The van der Waals surface area contributed by atoms with Crippen molar-refractivity contribution in [1.82, 2.24) is 0 Å². The highest BCUT2D eigenvalue weighted by Crippen LogP contribution is 2.60. The number of benzene rings is 6. The fourth-order valence-electron chi connectivity index (χ4n) is 8.51. The van der Waals surface area contributed by atoms with Gasteiger partial charge in [-0.3, -0.25) is 0 Å². The van der Waals surface area contributed by atoms with Gasteiger partial charge in [-0.25, -0.2) is 0 Å². The second kappa shape index (κ2) is 13.7. The normalized spacial score (nSPS) is 12.6. The van der Waals surface area contributed by atoms with E-state index in [4.69, 9.17) is 26.3 Å². The van der Waals surface area contributed by atoms with E-state index in [0.29, 0.717) is 13.2 Å². The summed E-state index contributed by atoms with van der Waals surface area (Å²) >= 11 is 0. The molecule has 0 saturated carbocycles. The lowest BCUT2D eigenvalue weighted by atomic mass is 9.98. The van der Waals surface area contributed by atoms with E-state index < -0.39 is 16.0 Å². The van der Waals surface area contributed by atoms with E-state index in [2.05, 4.69) is 142 Å². The summed E-state index contributed by atoms with van der Waals surface area (Å²) in [6.45, 7) is 22.0. The first-order chi connectivity index (χ1) is 26.9. The quantitative estimate of drug-likeness (QED) is 0.174. The molecule has 0 bridgehead atoms. The number of rotatable bonds is 2. The second-order valence-electron chi connectivity index (χ2n) is 15.6. The van der Waals surface area contributed by atoms with Gasteiger partial charge >= 0.3 is 0 Å². The van der Waals surface area contributed by atoms with Crippen LogP contribution in [0.5, 0.6) is 11.5 Å². The van der Waals surface area contributed by atoms with Crippen molar-refractivity contribution < 1.29 is 26.3 Å². The number of ether oxygens (including phenoxy) is 2. The fraction of sp³-hybridized carbons (Fsp3) is 0.250. The van der Waals surface area contributed by atoms with Gasteiger partial charge in [-0.05, 0) is 161 Å². The summed E-state index contributed by atoms with van der Waals surface area (Å²) in [6.07, 6.45) is 0. The summed E-state index contributed by atoms with van der Waals surface area (Å²) in [5.41, 5.74) is 16.1. The van der Waals surface area contributed by atoms with E-state index in [1.165, 1.54) is 22.3 Å². The lowest BCUT2D eigenvalue weighted by Gasteiger charge is -2.24. The average molecular weight is 781 g/mol. The number of hydrogen-bond donors (Lipinski definition) is 0. The zero-order valence-electron chi connectivity index (χ0n) is 33.7. The number of fused-ring (bicyclic) bond motifs is 9. The summed E-state index contributed by atoms with van der Waals surface area (Å²) in [5.74, 6) is 1.48. The second-order valence-corrected chi connectivity index (χ2v) is 18.3. The number of hydrogen-bond acceptors (Lipinski definition) is 6. The van der Waals surface area contributed by atoms with Crippen molar-refractivity contribution in [2.24, 2.45) is 0 Å². The van der Waals surface area contributed by atoms with Crippen LogP contribution in [0.15, 0.2) is 89.6 Å². The molecule has 1 aliphatic heterocycles. The summed E-state index contributed by atoms with van der Waals surface area (Å²) < 4.78 is 42.1. The Balaban J connectivity index is 1.46. The third-order valence-corrected chi connectivity index (χ3v) is 14.1. The van der Waals surface area contributed by atoms with E-state index in [9.17, 15) is 0 Å². The Labute approximate surface area is 329 Å². The van der Waals surface area contributed by atoms with Crippen LogP contribution in [0.2, 0.25) is 0 Å². The summed E-state index contributed by atoms with van der Waals surface area (Å²) in [6, 6.07) is 26.0. The van der Waals surface area contributed by atoms with Crippen molar-refractivity contribution in [3.8, 4) is 33.2 Å². The monoisotopic (exact) mass is 780 g/mol. The van der Waals surface area contributed by atoms with Crippen molar-refractivity contribution in [2.75, 3.05) is 13.2 Å². The lowest BCUT2D eigenvalue weighted by molar-refractivity contribution is 0.214. The molecule has 56 heavy (non-hydrogen) atoms. The van der Waals surface area contributed by atoms with Crippen LogP contribution in [0, 0.1) is 69.2 Å². The lowest BCUT2D eigenvalue weighted by Crippen LogP contribution is -2.13. The van der Waals surface area contributed by atoms with Gasteiger partial charge in [-0.15, -0.1) is 0 Å². The van der Waals surface area contributed by atoms with E-state index in [-0.39, 0.29) is 0 Å². The Kier molecular flexibility index (Phi) is 8.91. The highest BCUT2D eigenvalue weighted by molar-refractivity contribution is 7.47. The van der Waals surface area contributed by atoms with Crippen LogP contribution < -0.4 is 9.47 Å². The summed E-state index contributed by atoms with van der Waals surface area (Å²) in [4.78, 5) is 0. The van der Waals surface area contributed by atoms with Crippen LogP contribution in [0.3, 0.4) is 0 Å². The molecule has 0 unspecified atom stereocenters. The zero-order chi connectivity index (χ0) is 39.2. The molecule has 0 amide bonds. The first-order valence-electron chi connectivity index (χ1n) is 19.2. The molecule has 284 valence electrons. The highest BCUT2D eigenvalue weighted by atomic mass is 31.1. The van der Waals surface area contributed by atoms with Gasteiger partial charge < -0.3 is 26.3 Å². The van der Waals surface area contributed by atoms with Gasteiger partial charge in [-0.1, -0.05) is 36.4 Å². The molecule has 1 aliphatic rings. The molecule has 3 heterocycles. The van der Waals surface area contributed by atoms with Crippen molar-refractivity contribution in [2.45, 2.75) is 69.2 Å². The standard InChI is InChI=1S/C48H46O6P2/c1-25-17-31(7)43-35(21-25)36-22-26(2)18-32(8)44(36)52-55(51-43)47-29(5)11-13-39-41(47)42-40(50-16-15-49-39)14-12-30(6)48(42)56-53-45-33(9)19-27(3)23-37(45)38-24-28(4)20-34(10)46(38)54-56/h11-14,17-24H,15-16H2,1-10H3. The molecule has 0 spiro atoms. The maximum absolute atomic E-state index is 7.21. The Morgan fingerprint density at radius 1 is 0.357 bits per heavy atom. The van der Waals surface area contributed by atoms with Gasteiger partial charge in [0.2, 0.25) is 0 Å². The molecule has 0 fully saturated rings. The molecular formula is C48H46O6P2. The molecule has 0 radical (unpaired) electrons.